The molecule has 3 aromatic carbocycles. The minimum atomic E-state index is -1.82. The summed E-state index contributed by atoms with van der Waals surface area (Å²) in [7, 11) is 0. The smallest absolute Gasteiger partial charge is 0.268 e. The Morgan fingerprint density at radius 1 is 1.07 bits per heavy atom. The van der Waals surface area contributed by atoms with E-state index in [4.69, 9.17) is 0 Å². The lowest BCUT2D eigenvalue weighted by molar-refractivity contribution is -0.133. The molecule has 0 saturated heterocycles. The van der Waals surface area contributed by atoms with Gasteiger partial charge in [-0.25, -0.2) is 0 Å². The first-order chi connectivity index (χ1) is 14.4. The molecule has 0 aromatic heterocycles. The van der Waals surface area contributed by atoms with E-state index in [1.54, 1.807) is 54.2 Å². The molecule has 0 aliphatic carbocycles. The highest BCUT2D eigenvalue weighted by Crippen LogP contribution is 2.44. The van der Waals surface area contributed by atoms with Crippen LogP contribution < -0.4 is 10.2 Å². The Bertz CT molecular complexity index is 1130. The third-order valence-corrected chi connectivity index (χ3v) is 5.96. The first-order valence-corrected chi connectivity index (χ1v) is 10.8. The summed E-state index contributed by atoms with van der Waals surface area (Å²) in [5, 5.41) is 14.4. The number of hydrogen-bond acceptors (Lipinski definition) is 4. The number of rotatable bonds is 5. The average Bonchev–Trinajstić information content (AvgIpc) is 2.97. The summed E-state index contributed by atoms with van der Waals surface area (Å²) in [6.07, 6.45) is 1.97. The molecule has 5 nitrogen and oxygen atoms in total. The predicted molar refractivity (Wildman–Crippen MR) is 120 cm³/mol. The molecule has 1 heterocycles. The van der Waals surface area contributed by atoms with Crippen LogP contribution in [0.4, 0.5) is 11.4 Å². The van der Waals surface area contributed by atoms with Crippen LogP contribution in [0.3, 0.4) is 0 Å². The number of aryl methyl sites for hydroxylation is 1. The molecule has 4 rings (SSSR count). The normalized spacial score (nSPS) is 17.7. The van der Waals surface area contributed by atoms with Crippen LogP contribution in [0.5, 0.6) is 0 Å². The third kappa shape index (κ3) is 3.49. The van der Waals surface area contributed by atoms with Crippen molar-refractivity contribution >= 4 is 35.0 Å². The van der Waals surface area contributed by atoms with E-state index >= 15 is 0 Å². The molecule has 0 radical (unpaired) electrons. The molecule has 2 amide bonds. The SMILES string of the molecule is CSc1cccc(NC(=O)CN2C(=O)[C@](O)(c3cccc(C)c3)c3ccccc32)c1. The molecule has 30 heavy (non-hydrogen) atoms. The predicted octanol–water partition coefficient (Wildman–Crippen LogP) is 3.94. The van der Waals surface area contributed by atoms with Crippen LogP contribution in [0.2, 0.25) is 0 Å². The summed E-state index contributed by atoms with van der Waals surface area (Å²) in [4.78, 5) is 28.5. The number of para-hydroxylation sites is 1. The zero-order chi connectivity index (χ0) is 21.3. The van der Waals surface area contributed by atoms with E-state index < -0.39 is 11.5 Å². The van der Waals surface area contributed by atoms with Crippen LogP contribution >= 0.6 is 11.8 Å². The molecular formula is C24H22N2O3S. The maximum Gasteiger partial charge on any atom is 0.268 e. The molecule has 0 saturated carbocycles. The fourth-order valence-corrected chi connectivity index (χ4v) is 4.25. The molecule has 0 unspecified atom stereocenters. The largest absolute Gasteiger partial charge is 0.372 e. The second-order valence-corrected chi connectivity index (χ2v) is 8.15. The molecule has 0 spiro atoms. The number of aliphatic hydroxyl groups is 1. The highest BCUT2D eigenvalue weighted by Gasteiger charge is 2.51. The number of nitrogens with zero attached hydrogens (tertiary/aromatic N) is 1. The lowest BCUT2D eigenvalue weighted by Crippen LogP contribution is -2.44. The Balaban J connectivity index is 1.64. The maximum atomic E-state index is 13.4. The molecule has 0 bridgehead atoms. The molecule has 1 aliphatic rings. The molecule has 152 valence electrons. The van der Waals surface area contributed by atoms with Crippen molar-refractivity contribution in [1.29, 1.82) is 0 Å². The van der Waals surface area contributed by atoms with Crippen molar-refractivity contribution in [2.75, 3.05) is 23.0 Å². The van der Waals surface area contributed by atoms with Gasteiger partial charge in [0.2, 0.25) is 5.91 Å². The fourth-order valence-electron chi connectivity index (χ4n) is 3.79. The zero-order valence-corrected chi connectivity index (χ0v) is 17.6. The van der Waals surface area contributed by atoms with Gasteiger partial charge in [-0.1, -0.05) is 54.1 Å². The highest BCUT2D eigenvalue weighted by atomic mass is 32.2. The van der Waals surface area contributed by atoms with Gasteiger partial charge in [0.05, 0.1) is 5.69 Å². The lowest BCUT2D eigenvalue weighted by atomic mass is 9.87. The van der Waals surface area contributed by atoms with Crippen molar-refractivity contribution in [3.8, 4) is 0 Å². The number of thioether (sulfide) groups is 1. The number of fused-ring (bicyclic) bond motifs is 1. The summed E-state index contributed by atoms with van der Waals surface area (Å²) in [5.74, 6) is -0.854. The number of carbonyl (C=O) groups is 2. The summed E-state index contributed by atoms with van der Waals surface area (Å²) in [6.45, 7) is 1.72. The van der Waals surface area contributed by atoms with Gasteiger partial charge in [-0.2, -0.15) is 0 Å². The summed E-state index contributed by atoms with van der Waals surface area (Å²) >= 11 is 1.58. The quantitative estimate of drug-likeness (QED) is 0.616. The van der Waals surface area contributed by atoms with Crippen molar-refractivity contribution in [2.24, 2.45) is 0 Å². The number of anilines is 2. The third-order valence-electron chi connectivity index (χ3n) is 5.23. The van der Waals surface area contributed by atoms with Gasteiger partial charge in [0.15, 0.2) is 5.60 Å². The first kappa shape index (κ1) is 20.2. The van der Waals surface area contributed by atoms with E-state index in [1.165, 1.54) is 4.90 Å². The second-order valence-electron chi connectivity index (χ2n) is 7.27. The van der Waals surface area contributed by atoms with Gasteiger partial charge in [-0.05, 0) is 43.0 Å². The molecule has 3 aromatic rings. The monoisotopic (exact) mass is 418 g/mol. The minimum absolute atomic E-state index is 0.187. The molecular weight excluding hydrogens is 396 g/mol. The topological polar surface area (TPSA) is 69.6 Å². The number of nitrogens with one attached hydrogen (secondary N) is 1. The highest BCUT2D eigenvalue weighted by molar-refractivity contribution is 7.98. The first-order valence-electron chi connectivity index (χ1n) is 9.58. The molecule has 6 heteroatoms. The van der Waals surface area contributed by atoms with E-state index in [-0.39, 0.29) is 12.5 Å². The Hall–Kier alpha value is -3.09. The van der Waals surface area contributed by atoms with Crippen LogP contribution in [-0.2, 0) is 15.2 Å². The van der Waals surface area contributed by atoms with Crippen LogP contribution in [0.25, 0.3) is 0 Å². The maximum absolute atomic E-state index is 13.4. The van der Waals surface area contributed by atoms with Gasteiger partial charge in [-0.3, -0.25) is 14.5 Å². The van der Waals surface area contributed by atoms with Gasteiger partial charge in [0.1, 0.15) is 6.54 Å². The van der Waals surface area contributed by atoms with Gasteiger partial charge in [0.25, 0.3) is 5.91 Å². The van der Waals surface area contributed by atoms with Crippen molar-refractivity contribution < 1.29 is 14.7 Å². The average molecular weight is 419 g/mol. The van der Waals surface area contributed by atoms with Crippen LogP contribution in [0.15, 0.2) is 77.7 Å². The van der Waals surface area contributed by atoms with E-state index in [0.717, 1.165) is 10.5 Å². The fraction of sp³-hybridized carbons (Fsp3) is 0.167. The number of hydrogen-bond donors (Lipinski definition) is 2. The Morgan fingerprint density at radius 2 is 1.83 bits per heavy atom. The number of amides is 2. The number of benzene rings is 3. The van der Waals surface area contributed by atoms with E-state index in [0.29, 0.717) is 22.5 Å². The van der Waals surface area contributed by atoms with Crippen LogP contribution in [0, 0.1) is 6.92 Å². The summed E-state index contributed by atoms with van der Waals surface area (Å²) in [5.41, 5.74) is 1.31. The molecule has 1 aliphatic heterocycles. The summed E-state index contributed by atoms with van der Waals surface area (Å²) in [6, 6.07) is 21.8. The van der Waals surface area contributed by atoms with E-state index in [2.05, 4.69) is 5.32 Å². The standard InChI is InChI=1S/C24H22N2O3S/c1-16-7-5-8-17(13-16)24(29)20-11-3-4-12-21(20)26(23(24)28)15-22(27)25-18-9-6-10-19(14-18)30-2/h3-14,29H,15H2,1-2H3,(H,25,27)/t24-/m0/s1. The number of carbonyl (C=O) groups excluding carboxylic acids is 2. The van der Waals surface area contributed by atoms with Crippen molar-refractivity contribution in [3.63, 3.8) is 0 Å². The molecule has 0 fully saturated rings. The Labute approximate surface area is 179 Å². The lowest BCUT2D eigenvalue weighted by Gasteiger charge is -2.24. The van der Waals surface area contributed by atoms with Crippen LogP contribution in [-0.4, -0.2) is 29.7 Å². The molecule has 1 atom stereocenters. The second kappa shape index (κ2) is 7.97. The van der Waals surface area contributed by atoms with Crippen LogP contribution in [0.1, 0.15) is 16.7 Å². The van der Waals surface area contributed by atoms with Gasteiger partial charge >= 0.3 is 0 Å². The van der Waals surface area contributed by atoms with Gasteiger partial charge < -0.3 is 10.4 Å². The van der Waals surface area contributed by atoms with Crippen molar-refractivity contribution in [2.45, 2.75) is 17.4 Å². The minimum Gasteiger partial charge on any atom is -0.372 e. The van der Waals surface area contributed by atoms with E-state index in [9.17, 15) is 14.7 Å². The van der Waals surface area contributed by atoms with Crippen molar-refractivity contribution in [3.05, 3.63) is 89.5 Å². The van der Waals surface area contributed by atoms with E-state index in [1.807, 2.05) is 43.5 Å². The van der Waals surface area contributed by atoms with Gasteiger partial charge in [0, 0.05) is 16.1 Å². The summed E-state index contributed by atoms with van der Waals surface area (Å²) < 4.78 is 0. The van der Waals surface area contributed by atoms with Crippen molar-refractivity contribution in [1.82, 2.24) is 0 Å². The Morgan fingerprint density at radius 3 is 2.60 bits per heavy atom. The Kier molecular flexibility index (Phi) is 5.37. The van der Waals surface area contributed by atoms with Gasteiger partial charge in [-0.15, -0.1) is 11.8 Å². The zero-order valence-electron chi connectivity index (χ0n) is 16.8. The molecule has 2 N–H and O–H groups in total.